The minimum Gasteiger partial charge on any atom is -0.497 e. The van der Waals surface area contributed by atoms with Gasteiger partial charge in [0.05, 0.1) is 7.11 Å². The Morgan fingerprint density at radius 1 is 0.500 bits per heavy atom. The molecule has 5 aromatic rings. The maximum atomic E-state index is 15.3. The molecule has 40 heavy (non-hydrogen) atoms. The highest BCUT2D eigenvalue weighted by molar-refractivity contribution is 7.86. The normalized spacial score (nSPS) is 11.8. The van der Waals surface area contributed by atoms with Crippen LogP contribution in [0.5, 0.6) is 5.75 Å². The fourth-order valence-electron chi connectivity index (χ4n) is 4.63. The summed E-state index contributed by atoms with van der Waals surface area (Å²) < 4.78 is 36.4. The molecule has 7 nitrogen and oxygen atoms in total. The second-order valence-electron chi connectivity index (χ2n) is 9.66. The molecule has 5 rings (SSSR count). The monoisotopic (exact) mass is 568 g/mol. The Labute approximate surface area is 234 Å². The van der Waals surface area contributed by atoms with Crippen LogP contribution < -0.4 is 37.1 Å². The van der Waals surface area contributed by atoms with Crippen LogP contribution in [0.3, 0.4) is 0 Å². The van der Waals surface area contributed by atoms with Crippen LogP contribution in [0.4, 0.5) is 0 Å². The summed E-state index contributed by atoms with van der Waals surface area (Å²) in [5, 5.41) is 0.831. The van der Waals surface area contributed by atoms with Crippen molar-refractivity contribution in [2.24, 2.45) is 0 Å². The van der Waals surface area contributed by atoms with Gasteiger partial charge in [0.2, 0.25) is 14.3 Å². The zero-order valence-electron chi connectivity index (χ0n) is 23.1. The molecular weight excluding hydrogens is 538 g/mol. The summed E-state index contributed by atoms with van der Waals surface area (Å²) >= 11 is 0. The molecule has 1 aromatic carbocycles. The summed E-state index contributed by atoms with van der Waals surface area (Å²) in [6, 6.07) is 26.9. The van der Waals surface area contributed by atoms with Crippen molar-refractivity contribution in [2.75, 3.05) is 7.11 Å². The summed E-state index contributed by atoms with van der Waals surface area (Å²) in [4.78, 5) is 18.7. The van der Waals surface area contributed by atoms with E-state index in [-0.39, 0.29) is 0 Å². The van der Waals surface area contributed by atoms with Gasteiger partial charge in [-0.3, -0.25) is 0 Å². The van der Waals surface area contributed by atoms with Gasteiger partial charge >= 0.3 is 0 Å². The third kappa shape index (κ3) is 5.03. The average Bonchev–Trinajstić information content (AvgIpc) is 2.96. The van der Waals surface area contributed by atoms with E-state index >= 15 is 9.13 Å². The SMILES string of the molecule is COc1cc(P(=O)(c2cccc(C)n2)c2cccc(C)n2)cc(P(=O)(c2cccc(C)n2)c2cccc(C)n2)c1. The van der Waals surface area contributed by atoms with Crippen molar-refractivity contribution >= 4 is 46.6 Å². The van der Waals surface area contributed by atoms with Gasteiger partial charge in [0.25, 0.3) is 0 Å². The smallest absolute Gasteiger partial charge is 0.206 e. The zero-order valence-corrected chi connectivity index (χ0v) is 24.9. The Balaban J connectivity index is 1.86. The molecule has 202 valence electrons. The fraction of sp³-hybridized carbons (Fsp3) is 0.161. The molecule has 0 fully saturated rings. The summed E-state index contributed by atoms with van der Waals surface area (Å²) in [6.45, 7) is 7.43. The molecule has 9 heteroatoms. The average molecular weight is 569 g/mol. The van der Waals surface area contributed by atoms with Gasteiger partial charge < -0.3 is 13.9 Å². The molecule has 0 amide bonds. The molecule has 0 saturated carbocycles. The Bertz CT molecular complexity index is 1600. The van der Waals surface area contributed by atoms with Crippen LogP contribution in [-0.4, -0.2) is 27.0 Å². The quantitative estimate of drug-likeness (QED) is 0.276. The van der Waals surface area contributed by atoms with E-state index in [0.717, 1.165) is 22.8 Å². The Morgan fingerprint density at radius 2 is 0.800 bits per heavy atom. The molecule has 0 spiro atoms. The van der Waals surface area contributed by atoms with Crippen LogP contribution in [0, 0.1) is 27.7 Å². The van der Waals surface area contributed by atoms with Crippen molar-refractivity contribution in [3.05, 3.63) is 114 Å². The molecule has 0 saturated heterocycles. The van der Waals surface area contributed by atoms with Gasteiger partial charge in [-0.05, 0) is 94.4 Å². The van der Waals surface area contributed by atoms with Crippen LogP contribution in [0.15, 0.2) is 91.0 Å². The number of pyridine rings is 4. The Hall–Kier alpha value is -3.92. The van der Waals surface area contributed by atoms with E-state index in [1.54, 1.807) is 42.5 Å². The first-order chi connectivity index (χ1) is 19.1. The van der Waals surface area contributed by atoms with Gasteiger partial charge in [0.15, 0.2) is 0 Å². The molecule has 0 aliphatic carbocycles. The maximum absolute atomic E-state index is 15.3. The van der Waals surface area contributed by atoms with Crippen LogP contribution in [0.2, 0.25) is 0 Å². The predicted molar refractivity (Wildman–Crippen MR) is 162 cm³/mol. The molecule has 0 bridgehead atoms. The number of benzene rings is 1. The number of rotatable bonds is 7. The second kappa shape index (κ2) is 10.9. The molecule has 0 aliphatic heterocycles. The van der Waals surface area contributed by atoms with Crippen LogP contribution in [0.1, 0.15) is 22.8 Å². The number of nitrogens with zero attached hydrogens (tertiary/aromatic N) is 4. The lowest BCUT2D eigenvalue weighted by Crippen LogP contribution is -2.34. The van der Waals surface area contributed by atoms with E-state index in [1.165, 1.54) is 7.11 Å². The van der Waals surface area contributed by atoms with Gasteiger partial charge in [0.1, 0.15) is 27.5 Å². The van der Waals surface area contributed by atoms with Crippen LogP contribution in [0.25, 0.3) is 0 Å². The first kappa shape index (κ1) is 27.6. The van der Waals surface area contributed by atoms with E-state index in [1.807, 2.05) is 76.2 Å². The summed E-state index contributed by atoms with van der Waals surface area (Å²) in [5.74, 6) is 0.411. The van der Waals surface area contributed by atoms with Crippen molar-refractivity contribution in [3.63, 3.8) is 0 Å². The minimum absolute atomic E-state index is 0.391. The first-order valence-electron chi connectivity index (χ1n) is 12.8. The second-order valence-corrected chi connectivity index (χ2v) is 15.0. The molecular formula is C31H30N4O3P2. The van der Waals surface area contributed by atoms with Gasteiger partial charge in [-0.25, -0.2) is 19.9 Å². The van der Waals surface area contributed by atoms with Crippen molar-refractivity contribution < 1.29 is 13.9 Å². The molecule has 0 atom stereocenters. The summed E-state index contributed by atoms with van der Waals surface area (Å²) in [6.07, 6.45) is 0. The third-order valence-corrected chi connectivity index (χ3v) is 12.2. The van der Waals surface area contributed by atoms with Gasteiger partial charge in [-0.15, -0.1) is 0 Å². The fourth-order valence-corrected chi connectivity index (χ4v) is 9.90. The largest absolute Gasteiger partial charge is 0.497 e. The number of aromatic nitrogens is 4. The lowest BCUT2D eigenvalue weighted by Gasteiger charge is -2.23. The Morgan fingerprint density at radius 3 is 1.05 bits per heavy atom. The van der Waals surface area contributed by atoms with Crippen molar-refractivity contribution in [1.82, 2.24) is 19.9 Å². The number of aryl methyl sites for hydroxylation is 4. The van der Waals surface area contributed by atoms with Gasteiger partial charge in [-0.1, -0.05) is 24.3 Å². The van der Waals surface area contributed by atoms with E-state index in [0.29, 0.717) is 38.1 Å². The molecule has 4 heterocycles. The minimum atomic E-state index is -3.63. The highest BCUT2D eigenvalue weighted by atomic mass is 31.2. The van der Waals surface area contributed by atoms with Crippen molar-refractivity contribution in [1.29, 1.82) is 0 Å². The molecule has 0 unspecified atom stereocenters. The highest BCUT2D eigenvalue weighted by Crippen LogP contribution is 2.46. The van der Waals surface area contributed by atoms with E-state index in [9.17, 15) is 0 Å². The standard InChI is InChI=1S/C31H30N4O3P2/c1-21-10-6-14-28(32-21)39(36,29-15-7-11-22(2)33-29)26-18-25(38-5)19-27(20-26)40(37,30-16-8-12-23(3)34-30)31-17-9-13-24(4)35-31/h6-20H,1-5H3. The zero-order chi connectivity index (χ0) is 28.5. The van der Waals surface area contributed by atoms with E-state index in [4.69, 9.17) is 4.74 Å². The molecule has 4 aromatic heterocycles. The summed E-state index contributed by atoms with van der Waals surface area (Å²) in [5.41, 5.74) is 4.48. The lowest BCUT2D eigenvalue weighted by atomic mass is 10.3. The first-order valence-corrected chi connectivity index (χ1v) is 16.2. The van der Waals surface area contributed by atoms with E-state index < -0.39 is 14.3 Å². The summed E-state index contributed by atoms with van der Waals surface area (Å²) in [7, 11) is -5.73. The highest BCUT2D eigenvalue weighted by Gasteiger charge is 2.38. The van der Waals surface area contributed by atoms with Crippen molar-refractivity contribution in [2.45, 2.75) is 27.7 Å². The topological polar surface area (TPSA) is 94.9 Å². The molecule has 0 N–H and O–H groups in total. The maximum Gasteiger partial charge on any atom is 0.206 e. The predicted octanol–water partition coefficient (Wildman–Crippen LogP) is 3.79. The van der Waals surface area contributed by atoms with Crippen molar-refractivity contribution in [3.8, 4) is 5.75 Å². The van der Waals surface area contributed by atoms with Gasteiger partial charge in [0, 0.05) is 33.4 Å². The number of hydrogen-bond donors (Lipinski definition) is 0. The molecule has 0 radical (unpaired) electrons. The van der Waals surface area contributed by atoms with Crippen LogP contribution in [-0.2, 0) is 9.13 Å². The van der Waals surface area contributed by atoms with Gasteiger partial charge in [-0.2, -0.15) is 0 Å². The van der Waals surface area contributed by atoms with E-state index in [2.05, 4.69) is 19.9 Å². The number of methoxy groups -OCH3 is 1. The van der Waals surface area contributed by atoms with Crippen LogP contribution >= 0.6 is 14.3 Å². The molecule has 0 aliphatic rings. The Kier molecular flexibility index (Phi) is 7.55. The number of hydrogen-bond acceptors (Lipinski definition) is 7. The number of ether oxygens (including phenoxy) is 1. The third-order valence-electron chi connectivity index (χ3n) is 6.62. The lowest BCUT2D eigenvalue weighted by molar-refractivity contribution is 0.415.